The summed E-state index contributed by atoms with van der Waals surface area (Å²) in [6.45, 7) is 8.92. The van der Waals surface area contributed by atoms with Crippen LogP contribution in [0.3, 0.4) is 0 Å². The lowest BCUT2D eigenvalue weighted by Crippen LogP contribution is -2.42. The molecule has 0 unspecified atom stereocenters. The highest BCUT2D eigenvalue weighted by atomic mass is 16.5. The fourth-order valence-corrected chi connectivity index (χ4v) is 5.46. The Balaban J connectivity index is 1.85. The van der Waals surface area contributed by atoms with Gasteiger partial charge in [-0.15, -0.1) is 0 Å². The number of Topliss-reactive ketones (excluding diaryl/α,β-unsaturated/α-hetero) is 1. The number of nitrogens with one attached hydrogen (secondary N) is 1. The van der Waals surface area contributed by atoms with Crippen LogP contribution in [0.4, 0.5) is 5.69 Å². The van der Waals surface area contributed by atoms with E-state index in [2.05, 4.69) is 41.9 Å². The lowest BCUT2D eigenvalue weighted by Gasteiger charge is -2.40. The monoisotopic (exact) mass is 467 g/mol. The van der Waals surface area contributed by atoms with Gasteiger partial charge < -0.3 is 19.5 Å². The number of methoxy groups -OCH3 is 1. The van der Waals surface area contributed by atoms with Crippen molar-refractivity contribution in [2.75, 3.05) is 32.6 Å². The predicted molar refractivity (Wildman–Crippen MR) is 140 cm³/mol. The normalized spacial score (nSPS) is 18.2. The first-order chi connectivity index (χ1) is 16.2. The van der Waals surface area contributed by atoms with Crippen LogP contribution in [-0.4, -0.2) is 55.5 Å². The minimum absolute atomic E-state index is 0.0457. The molecule has 1 aliphatic carbocycles. The summed E-state index contributed by atoms with van der Waals surface area (Å²) in [5, 5.41) is 0. The lowest BCUT2D eigenvalue weighted by molar-refractivity contribution is 0.0982. The number of aromatic amines is 1. The van der Waals surface area contributed by atoms with Crippen LogP contribution >= 0.6 is 0 Å². The molecule has 2 aromatic rings. The van der Waals surface area contributed by atoms with Crippen LogP contribution in [0.15, 0.2) is 23.0 Å². The molecule has 6 heteroatoms. The Morgan fingerprint density at radius 3 is 2.26 bits per heavy atom. The number of carbonyl (C=O) groups excluding carboxylic acids is 1. The van der Waals surface area contributed by atoms with E-state index in [-0.39, 0.29) is 11.3 Å². The number of benzene rings is 1. The number of ether oxygens (including phenoxy) is 1. The zero-order valence-corrected chi connectivity index (χ0v) is 22.0. The van der Waals surface area contributed by atoms with Gasteiger partial charge >= 0.3 is 0 Å². The summed E-state index contributed by atoms with van der Waals surface area (Å²) in [6, 6.07) is 6.99. The first kappa shape index (κ1) is 26.0. The smallest absolute Gasteiger partial charge is 0.251 e. The molecular weight excluding hydrogens is 426 g/mol. The summed E-state index contributed by atoms with van der Waals surface area (Å²) in [5.74, 6) is 0.748. The van der Waals surface area contributed by atoms with E-state index in [9.17, 15) is 9.59 Å². The van der Waals surface area contributed by atoms with Crippen molar-refractivity contribution in [1.29, 1.82) is 0 Å². The molecule has 1 heterocycles. The van der Waals surface area contributed by atoms with Crippen LogP contribution in [0.2, 0.25) is 0 Å². The van der Waals surface area contributed by atoms with E-state index in [0.29, 0.717) is 41.8 Å². The molecule has 1 aliphatic rings. The number of hydrogen-bond acceptors (Lipinski definition) is 5. The van der Waals surface area contributed by atoms with Gasteiger partial charge in [0.1, 0.15) is 5.75 Å². The number of ketones is 1. The van der Waals surface area contributed by atoms with Crippen LogP contribution in [0.1, 0.15) is 71.8 Å². The van der Waals surface area contributed by atoms with Gasteiger partial charge in [-0.2, -0.15) is 0 Å². The van der Waals surface area contributed by atoms with Crippen molar-refractivity contribution < 1.29 is 9.53 Å². The third kappa shape index (κ3) is 5.72. The van der Waals surface area contributed by atoms with E-state index in [1.165, 1.54) is 12.8 Å². The summed E-state index contributed by atoms with van der Waals surface area (Å²) < 4.78 is 5.60. The van der Waals surface area contributed by atoms with Crippen molar-refractivity contribution in [2.24, 2.45) is 0 Å². The molecule has 0 atom stereocenters. The molecule has 34 heavy (non-hydrogen) atoms. The number of nitrogens with zero attached hydrogens (tertiary/aromatic N) is 2. The van der Waals surface area contributed by atoms with E-state index < -0.39 is 0 Å². The zero-order chi connectivity index (χ0) is 25.0. The van der Waals surface area contributed by atoms with Crippen LogP contribution in [0.5, 0.6) is 5.75 Å². The fourth-order valence-electron chi connectivity index (χ4n) is 5.46. The molecule has 186 valence electrons. The summed E-state index contributed by atoms with van der Waals surface area (Å²) >= 11 is 0. The Kier molecular flexibility index (Phi) is 8.58. The molecule has 6 nitrogen and oxygen atoms in total. The Morgan fingerprint density at radius 2 is 1.71 bits per heavy atom. The van der Waals surface area contributed by atoms with Crippen LogP contribution < -0.4 is 15.2 Å². The molecule has 0 spiro atoms. The van der Waals surface area contributed by atoms with Gasteiger partial charge in [0.15, 0.2) is 5.78 Å². The van der Waals surface area contributed by atoms with Crippen molar-refractivity contribution in [3.63, 3.8) is 0 Å². The van der Waals surface area contributed by atoms with Gasteiger partial charge in [-0.1, -0.05) is 0 Å². The maximum absolute atomic E-state index is 13.4. The highest BCUT2D eigenvalue weighted by Crippen LogP contribution is 2.35. The van der Waals surface area contributed by atoms with Crippen molar-refractivity contribution in [2.45, 2.75) is 78.3 Å². The largest absolute Gasteiger partial charge is 0.497 e. The molecule has 0 radical (unpaired) electrons. The van der Waals surface area contributed by atoms with E-state index in [1.807, 2.05) is 32.9 Å². The molecule has 0 bridgehead atoms. The summed E-state index contributed by atoms with van der Waals surface area (Å²) in [5.41, 5.74) is 5.13. The van der Waals surface area contributed by atoms with Gasteiger partial charge in [0.05, 0.1) is 7.11 Å². The third-order valence-electron chi connectivity index (χ3n) is 7.47. The minimum Gasteiger partial charge on any atom is -0.497 e. The quantitative estimate of drug-likeness (QED) is 0.536. The maximum Gasteiger partial charge on any atom is 0.251 e. The Bertz CT molecular complexity index is 1070. The molecule has 1 aromatic heterocycles. The summed E-state index contributed by atoms with van der Waals surface area (Å²) in [7, 11) is 5.98. The fraction of sp³-hybridized carbons (Fsp3) is 0.571. The second-order valence-electron chi connectivity index (χ2n) is 9.90. The van der Waals surface area contributed by atoms with Crippen molar-refractivity contribution in [3.8, 4) is 5.75 Å². The van der Waals surface area contributed by atoms with Crippen LogP contribution in [-0.2, 0) is 6.42 Å². The van der Waals surface area contributed by atoms with Gasteiger partial charge in [0.2, 0.25) is 0 Å². The number of anilines is 1. The van der Waals surface area contributed by atoms with E-state index >= 15 is 0 Å². The SMILES string of the molecule is CCN(c1cc(OC)cc(C(=O)CCc2c(C)cc(C)[nH]c2=O)c1C)C1CCC(N(C)C)CC1. The number of aromatic nitrogens is 1. The standard InChI is InChI=1S/C28H41N3O3/c1-8-31(22-11-9-21(10-12-22)30(5)6)26-17-23(34-7)16-25(20(26)4)27(32)14-13-24-18(2)15-19(3)29-28(24)33/h15-17,21-22H,8-14H2,1-7H3,(H,29,33). The first-order valence-electron chi connectivity index (χ1n) is 12.5. The van der Waals surface area contributed by atoms with Crippen molar-refractivity contribution in [3.05, 3.63) is 56.5 Å². The Hall–Kier alpha value is -2.60. The molecule has 0 aliphatic heterocycles. The molecule has 1 saturated carbocycles. The second kappa shape index (κ2) is 11.2. The molecule has 1 N–H and O–H groups in total. The third-order valence-corrected chi connectivity index (χ3v) is 7.47. The van der Waals surface area contributed by atoms with Crippen molar-refractivity contribution in [1.82, 2.24) is 9.88 Å². The number of rotatable bonds is 9. The van der Waals surface area contributed by atoms with Gasteiger partial charge in [-0.05, 0) is 97.2 Å². The molecule has 0 saturated heterocycles. The lowest BCUT2D eigenvalue weighted by atomic mass is 9.88. The summed E-state index contributed by atoms with van der Waals surface area (Å²) in [6.07, 6.45) is 5.39. The highest BCUT2D eigenvalue weighted by molar-refractivity contribution is 5.99. The minimum atomic E-state index is -0.0983. The molecular formula is C28H41N3O3. The maximum atomic E-state index is 13.4. The van der Waals surface area contributed by atoms with Crippen LogP contribution in [0.25, 0.3) is 0 Å². The number of hydrogen-bond donors (Lipinski definition) is 1. The zero-order valence-electron chi connectivity index (χ0n) is 22.0. The van der Waals surface area contributed by atoms with Crippen molar-refractivity contribution >= 4 is 11.5 Å². The van der Waals surface area contributed by atoms with E-state index in [0.717, 1.165) is 41.9 Å². The Morgan fingerprint density at radius 1 is 1.06 bits per heavy atom. The van der Waals surface area contributed by atoms with Crippen LogP contribution in [0, 0.1) is 20.8 Å². The number of H-pyrrole nitrogens is 1. The molecule has 0 amide bonds. The van der Waals surface area contributed by atoms with E-state index in [4.69, 9.17) is 4.74 Å². The number of carbonyl (C=O) groups is 1. The number of aryl methyl sites for hydroxylation is 2. The average Bonchev–Trinajstić information content (AvgIpc) is 2.80. The predicted octanol–water partition coefficient (Wildman–Crippen LogP) is 4.82. The highest BCUT2D eigenvalue weighted by Gasteiger charge is 2.28. The van der Waals surface area contributed by atoms with Gasteiger partial charge in [-0.25, -0.2) is 0 Å². The molecule has 1 aromatic carbocycles. The van der Waals surface area contributed by atoms with Gasteiger partial charge in [0, 0.05) is 53.6 Å². The second-order valence-corrected chi connectivity index (χ2v) is 9.90. The van der Waals surface area contributed by atoms with Gasteiger partial charge in [-0.3, -0.25) is 9.59 Å². The van der Waals surface area contributed by atoms with Gasteiger partial charge in [0.25, 0.3) is 5.56 Å². The van der Waals surface area contributed by atoms with E-state index in [1.54, 1.807) is 7.11 Å². The number of pyridine rings is 1. The molecule has 1 fully saturated rings. The Labute approximate surface area is 204 Å². The summed E-state index contributed by atoms with van der Waals surface area (Å²) in [4.78, 5) is 33.4. The average molecular weight is 468 g/mol. The topological polar surface area (TPSA) is 65.6 Å². The molecule has 3 rings (SSSR count). The first-order valence-corrected chi connectivity index (χ1v) is 12.5.